The summed E-state index contributed by atoms with van der Waals surface area (Å²) in [7, 11) is 5.34. The average Bonchev–Trinajstić information content (AvgIpc) is 2.56. The Balaban J connectivity index is 1.89. The van der Waals surface area contributed by atoms with E-state index in [2.05, 4.69) is 24.4 Å². The summed E-state index contributed by atoms with van der Waals surface area (Å²) in [6, 6.07) is 15.1. The number of benzene rings is 2. The van der Waals surface area contributed by atoms with Crippen molar-refractivity contribution in [3.8, 4) is 0 Å². The van der Waals surface area contributed by atoms with Crippen molar-refractivity contribution in [2.45, 2.75) is 13.5 Å². The third-order valence-electron chi connectivity index (χ3n) is 3.94. The van der Waals surface area contributed by atoms with Crippen LogP contribution in [0.3, 0.4) is 0 Å². The zero-order valence-corrected chi connectivity index (χ0v) is 15.2. The Hall–Kier alpha value is -2.66. The van der Waals surface area contributed by atoms with E-state index in [0.717, 1.165) is 6.54 Å². The van der Waals surface area contributed by atoms with Gasteiger partial charge < -0.3 is 10.2 Å². The average molecular weight is 339 g/mol. The molecule has 5 heteroatoms. The Kier molecular flexibility index (Phi) is 6.31. The molecule has 0 bridgehead atoms. The molecular weight excluding hydrogens is 314 g/mol. The number of nitrogens with zero attached hydrogens (tertiary/aromatic N) is 2. The molecule has 2 aromatic rings. The molecule has 0 aliphatic heterocycles. The number of hydrogen-bond donors (Lipinski definition) is 1. The van der Waals surface area contributed by atoms with Gasteiger partial charge in [0.1, 0.15) is 0 Å². The van der Waals surface area contributed by atoms with Gasteiger partial charge in [-0.15, -0.1) is 0 Å². The van der Waals surface area contributed by atoms with Crippen LogP contribution in [0.2, 0.25) is 0 Å². The second kappa shape index (κ2) is 8.44. The van der Waals surface area contributed by atoms with E-state index in [1.807, 2.05) is 24.1 Å². The normalized spacial score (nSPS) is 10.6. The van der Waals surface area contributed by atoms with Gasteiger partial charge in [-0.05, 0) is 49.4 Å². The lowest BCUT2D eigenvalue weighted by molar-refractivity contribution is -0.117. The van der Waals surface area contributed by atoms with Crippen LogP contribution < -0.4 is 5.32 Å². The quantitative estimate of drug-likeness (QED) is 0.880. The van der Waals surface area contributed by atoms with Crippen LogP contribution >= 0.6 is 0 Å². The molecule has 0 heterocycles. The molecule has 0 aromatic heterocycles. The largest absolute Gasteiger partial charge is 0.345 e. The SMILES string of the molecule is Cc1ccccc1CN(C)CC(=O)Nc1ccc(C(=O)N(C)C)cc1. The standard InChI is InChI=1S/C20H25N3O2/c1-15-7-5-6-8-17(15)13-23(4)14-19(24)21-18-11-9-16(10-12-18)20(25)22(2)3/h5-12H,13-14H2,1-4H3,(H,21,24). The smallest absolute Gasteiger partial charge is 0.253 e. The molecule has 2 aromatic carbocycles. The van der Waals surface area contributed by atoms with E-state index in [1.54, 1.807) is 38.4 Å². The third kappa shape index (κ3) is 5.43. The summed E-state index contributed by atoms with van der Waals surface area (Å²) in [5.41, 5.74) is 3.71. The Morgan fingerprint density at radius 1 is 0.960 bits per heavy atom. The Morgan fingerprint density at radius 3 is 2.20 bits per heavy atom. The zero-order chi connectivity index (χ0) is 18.4. The second-order valence-electron chi connectivity index (χ2n) is 6.42. The maximum absolute atomic E-state index is 12.2. The highest BCUT2D eigenvalue weighted by Crippen LogP contribution is 2.12. The van der Waals surface area contributed by atoms with Gasteiger partial charge in [0.2, 0.25) is 5.91 Å². The molecule has 1 N–H and O–H groups in total. The summed E-state index contributed by atoms with van der Waals surface area (Å²) in [5.74, 6) is -0.140. The maximum Gasteiger partial charge on any atom is 0.253 e. The molecule has 0 spiro atoms. The van der Waals surface area contributed by atoms with Crippen LogP contribution in [-0.4, -0.2) is 49.3 Å². The number of rotatable bonds is 6. The molecule has 0 saturated carbocycles. The van der Waals surface area contributed by atoms with E-state index >= 15 is 0 Å². The summed E-state index contributed by atoms with van der Waals surface area (Å²) in [6.07, 6.45) is 0. The van der Waals surface area contributed by atoms with Crippen LogP contribution in [0.4, 0.5) is 5.69 Å². The second-order valence-corrected chi connectivity index (χ2v) is 6.42. The first-order chi connectivity index (χ1) is 11.9. The van der Waals surface area contributed by atoms with Gasteiger partial charge in [0.05, 0.1) is 6.54 Å². The van der Waals surface area contributed by atoms with Gasteiger partial charge in [-0.25, -0.2) is 0 Å². The number of nitrogens with one attached hydrogen (secondary N) is 1. The topological polar surface area (TPSA) is 52.7 Å². The minimum atomic E-state index is -0.0808. The first-order valence-corrected chi connectivity index (χ1v) is 8.21. The fraction of sp³-hybridized carbons (Fsp3) is 0.300. The van der Waals surface area contributed by atoms with Gasteiger partial charge in [-0.3, -0.25) is 14.5 Å². The van der Waals surface area contributed by atoms with Gasteiger partial charge in [0.15, 0.2) is 0 Å². The van der Waals surface area contributed by atoms with E-state index in [4.69, 9.17) is 0 Å². The van der Waals surface area contributed by atoms with Crippen LogP contribution in [0, 0.1) is 6.92 Å². The highest BCUT2D eigenvalue weighted by molar-refractivity contribution is 5.95. The molecule has 0 atom stereocenters. The number of carbonyl (C=O) groups excluding carboxylic acids is 2. The van der Waals surface area contributed by atoms with E-state index in [1.165, 1.54) is 16.0 Å². The molecule has 0 aliphatic carbocycles. The predicted octanol–water partition coefficient (Wildman–Crippen LogP) is 2.77. The van der Waals surface area contributed by atoms with E-state index in [0.29, 0.717) is 17.8 Å². The lowest BCUT2D eigenvalue weighted by Gasteiger charge is -2.17. The number of amides is 2. The minimum absolute atomic E-state index is 0.0594. The number of likely N-dealkylation sites (N-methyl/N-ethyl adjacent to an activating group) is 1. The summed E-state index contributed by atoms with van der Waals surface area (Å²) in [4.78, 5) is 27.5. The molecule has 0 aliphatic rings. The van der Waals surface area contributed by atoms with Crippen LogP contribution in [0.25, 0.3) is 0 Å². The molecule has 132 valence electrons. The van der Waals surface area contributed by atoms with Gasteiger partial charge in [-0.1, -0.05) is 24.3 Å². The maximum atomic E-state index is 12.2. The van der Waals surface area contributed by atoms with Crippen LogP contribution in [0.1, 0.15) is 21.5 Å². The number of aryl methyl sites for hydroxylation is 1. The van der Waals surface area contributed by atoms with Crippen molar-refractivity contribution >= 4 is 17.5 Å². The Bertz CT molecular complexity index is 739. The van der Waals surface area contributed by atoms with Crippen molar-refractivity contribution in [2.75, 3.05) is 33.0 Å². The molecule has 0 radical (unpaired) electrons. The Labute approximate surface area is 149 Å². The minimum Gasteiger partial charge on any atom is -0.345 e. The van der Waals surface area contributed by atoms with Gasteiger partial charge in [0.25, 0.3) is 5.91 Å². The summed E-state index contributed by atoms with van der Waals surface area (Å²) >= 11 is 0. The lowest BCUT2D eigenvalue weighted by Crippen LogP contribution is -2.30. The van der Waals surface area contributed by atoms with Crippen molar-refractivity contribution in [1.29, 1.82) is 0 Å². The van der Waals surface area contributed by atoms with E-state index in [9.17, 15) is 9.59 Å². The number of hydrogen-bond acceptors (Lipinski definition) is 3. The molecule has 0 saturated heterocycles. The van der Waals surface area contributed by atoms with Gasteiger partial charge in [-0.2, -0.15) is 0 Å². The highest BCUT2D eigenvalue weighted by atomic mass is 16.2. The highest BCUT2D eigenvalue weighted by Gasteiger charge is 2.10. The van der Waals surface area contributed by atoms with Crippen LogP contribution in [0.5, 0.6) is 0 Å². The van der Waals surface area contributed by atoms with Crippen molar-refractivity contribution in [1.82, 2.24) is 9.80 Å². The van der Waals surface area contributed by atoms with Crippen molar-refractivity contribution in [3.63, 3.8) is 0 Å². The van der Waals surface area contributed by atoms with Gasteiger partial charge in [0, 0.05) is 31.9 Å². The Morgan fingerprint density at radius 2 is 1.60 bits per heavy atom. The summed E-state index contributed by atoms with van der Waals surface area (Å²) in [6.45, 7) is 3.09. The fourth-order valence-corrected chi connectivity index (χ4v) is 2.53. The van der Waals surface area contributed by atoms with Gasteiger partial charge >= 0.3 is 0 Å². The molecular formula is C20H25N3O2. The molecule has 2 amide bonds. The monoisotopic (exact) mass is 339 g/mol. The van der Waals surface area contributed by atoms with Crippen molar-refractivity contribution in [2.24, 2.45) is 0 Å². The summed E-state index contributed by atoms with van der Waals surface area (Å²) < 4.78 is 0. The first kappa shape index (κ1) is 18.7. The predicted molar refractivity (Wildman–Crippen MR) is 101 cm³/mol. The van der Waals surface area contributed by atoms with Crippen molar-refractivity contribution < 1.29 is 9.59 Å². The first-order valence-electron chi connectivity index (χ1n) is 8.21. The van der Waals surface area contributed by atoms with E-state index in [-0.39, 0.29) is 11.8 Å². The third-order valence-corrected chi connectivity index (χ3v) is 3.94. The molecule has 0 fully saturated rings. The summed E-state index contributed by atoms with van der Waals surface area (Å²) in [5, 5.41) is 2.86. The fourth-order valence-electron chi connectivity index (χ4n) is 2.53. The van der Waals surface area contributed by atoms with Crippen LogP contribution in [0.15, 0.2) is 48.5 Å². The van der Waals surface area contributed by atoms with E-state index < -0.39 is 0 Å². The number of anilines is 1. The number of carbonyl (C=O) groups is 2. The zero-order valence-electron chi connectivity index (χ0n) is 15.2. The van der Waals surface area contributed by atoms with Crippen LogP contribution in [-0.2, 0) is 11.3 Å². The lowest BCUT2D eigenvalue weighted by atomic mass is 10.1. The molecule has 2 rings (SSSR count). The molecule has 0 unspecified atom stereocenters. The molecule has 5 nitrogen and oxygen atoms in total. The molecule has 25 heavy (non-hydrogen) atoms. The van der Waals surface area contributed by atoms with Crippen molar-refractivity contribution in [3.05, 3.63) is 65.2 Å².